The fraction of sp³-hybridized carbons (Fsp3) is 0.333. The Morgan fingerprint density at radius 2 is 2.00 bits per heavy atom. The second kappa shape index (κ2) is 10.7. The number of morpholine rings is 1. The predicted octanol–water partition coefficient (Wildman–Crippen LogP) is 3.78. The van der Waals surface area contributed by atoms with E-state index < -0.39 is 13.0 Å². The molecule has 2 aromatic heterocycles. The van der Waals surface area contributed by atoms with Gasteiger partial charge in [0.2, 0.25) is 5.91 Å². The van der Waals surface area contributed by atoms with Gasteiger partial charge >= 0.3 is 0 Å². The molecule has 37 heavy (non-hydrogen) atoms. The van der Waals surface area contributed by atoms with Gasteiger partial charge in [-0.25, -0.2) is 18.4 Å². The predicted molar refractivity (Wildman–Crippen MR) is 137 cm³/mol. The number of alkyl halides is 2. The number of halogens is 4. The Morgan fingerprint density at radius 1 is 1.22 bits per heavy atom. The maximum absolute atomic E-state index is 13.2. The number of nitrogens with zero attached hydrogens (tertiary/aromatic N) is 4. The second-order valence-electron chi connectivity index (χ2n) is 8.45. The summed E-state index contributed by atoms with van der Waals surface area (Å²) in [6.45, 7) is 0.861. The number of ether oxygens (including phenoxy) is 2. The van der Waals surface area contributed by atoms with Crippen LogP contribution in [0, 0.1) is 0 Å². The largest absolute Gasteiger partial charge is 0.486 e. The highest BCUT2D eigenvalue weighted by Crippen LogP contribution is 2.30. The molecule has 5 rings (SSSR count). The lowest BCUT2D eigenvalue weighted by Crippen LogP contribution is -2.44. The summed E-state index contributed by atoms with van der Waals surface area (Å²) in [5, 5.41) is 5.75. The van der Waals surface area contributed by atoms with Crippen LogP contribution in [-0.2, 0) is 22.5 Å². The van der Waals surface area contributed by atoms with Crippen LogP contribution in [0.3, 0.4) is 0 Å². The molecule has 1 aliphatic rings. The monoisotopic (exact) mass is 595 g/mol. The number of hydrogen-bond acceptors (Lipinski definition) is 6. The van der Waals surface area contributed by atoms with Crippen LogP contribution >= 0.6 is 27.5 Å². The highest BCUT2D eigenvalue weighted by Gasteiger charge is 2.20. The van der Waals surface area contributed by atoms with Crippen LogP contribution in [-0.4, -0.2) is 69.9 Å². The zero-order chi connectivity index (χ0) is 26.1. The number of aromatic amines is 1. The average Bonchev–Trinajstić information content (AvgIpc) is 3.26. The highest BCUT2D eigenvalue weighted by molar-refractivity contribution is 9.10. The van der Waals surface area contributed by atoms with Crippen LogP contribution < -0.4 is 10.3 Å². The van der Waals surface area contributed by atoms with Crippen LogP contribution in [0.4, 0.5) is 8.78 Å². The van der Waals surface area contributed by atoms with Crippen molar-refractivity contribution in [3.05, 3.63) is 61.7 Å². The van der Waals surface area contributed by atoms with Gasteiger partial charge in [0.25, 0.3) is 12.0 Å². The lowest BCUT2D eigenvalue weighted by Gasteiger charge is -2.27. The van der Waals surface area contributed by atoms with Gasteiger partial charge in [-0.15, -0.1) is 0 Å². The van der Waals surface area contributed by atoms with E-state index >= 15 is 0 Å². The summed E-state index contributed by atoms with van der Waals surface area (Å²) in [7, 11) is 0. The third-order valence-electron chi connectivity index (χ3n) is 5.93. The van der Waals surface area contributed by atoms with Gasteiger partial charge in [0.1, 0.15) is 24.7 Å². The SMILES string of the molecule is O=C(Cn1nc(Cc2nc3cc(OCC(F)F)c(Cl)cc3[nH]2)c2cc(Br)ccc2c1=O)N1CCOCC1. The van der Waals surface area contributed by atoms with Gasteiger partial charge in [-0.3, -0.25) is 9.59 Å². The number of hydrogen-bond donors (Lipinski definition) is 1. The molecule has 0 atom stereocenters. The lowest BCUT2D eigenvalue weighted by molar-refractivity contribution is -0.136. The molecule has 4 aromatic rings. The highest BCUT2D eigenvalue weighted by atomic mass is 79.9. The Hall–Kier alpha value is -3.09. The molecule has 1 N–H and O–H groups in total. The summed E-state index contributed by atoms with van der Waals surface area (Å²) in [4.78, 5) is 35.4. The van der Waals surface area contributed by atoms with E-state index in [2.05, 4.69) is 31.0 Å². The van der Waals surface area contributed by atoms with Crippen molar-refractivity contribution in [3.63, 3.8) is 0 Å². The number of aromatic nitrogens is 4. The van der Waals surface area contributed by atoms with Gasteiger partial charge in [-0.2, -0.15) is 5.10 Å². The van der Waals surface area contributed by atoms with Crippen molar-refractivity contribution in [2.45, 2.75) is 19.4 Å². The molecule has 1 amide bonds. The number of rotatable bonds is 7. The van der Waals surface area contributed by atoms with E-state index in [0.29, 0.717) is 59.6 Å². The number of imidazole rings is 1. The maximum atomic E-state index is 13.2. The minimum absolute atomic E-state index is 0.107. The van der Waals surface area contributed by atoms with E-state index in [-0.39, 0.29) is 35.2 Å². The molecule has 0 aliphatic carbocycles. The van der Waals surface area contributed by atoms with Crippen molar-refractivity contribution in [2.75, 3.05) is 32.9 Å². The fourth-order valence-electron chi connectivity index (χ4n) is 4.17. The number of H-pyrrole nitrogens is 1. The van der Waals surface area contributed by atoms with Crippen molar-refractivity contribution in [1.82, 2.24) is 24.6 Å². The zero-order valence-corrected chi connectivity index (χ0v) is 21.7. The van der Waals surface area contributed by atoms with E-state index in [9.17, 15) is 18.4 Å². The fourth-order valence-corrected chi connectivity index (χ4v) is 4.75. The number of benzene rings is 2. The third-order valence-corrected chi connectivity index (χ3v) is 6.72. The van der Waals surface area contributed by atoms with Crippen LogP contribution in [0.1, 0.15) is 11.5 Å². The van der Waals surface area contributed by atoms with Gasteiger partial charge in [0.15, 0.2) is 0 Å². The third kappa shape index (κ3) is 5.60. The molecule has 0 unspecified atom stereocenters. The summed E-state index contributed by atoms with van der Waals surface area (Å²) in [6, 6.07) is 8.28. The Kier molecular flexibility index (Phi) is 7.40. The Labute approximate surface area is 222 Å². The van der Waals surface area contributed by atoms with Gasteiger partial charge < -0.3 is 19.4 Å². The first kappa shape index (κ1) is 25.6. The summed E-state index contributed by atoms with van der Waals surface area (Å²) in [5.74, 6) is 0.403. The molecule has 1 aliphatic heterocycles. The minimum Gasteiger partial charge on any atom is -0.486 e. The number of fused-ring (bicyclic) bond motifs is 2. The molecule has 1 fully saturated rings. The summed E-state index contributed by atoms with van der Waals surface area (Å²) < 4.78 is 37.5. The Morgan fingerprint density at radius 3 is 2.76 bits per heavy atom. The van der Waals surface area contributed by atoms with Gasteiger partial charge in [-0.1, -0.05) is 27.5 Å². The topological polar surface area (TPSA) is 102 Å². The van der Waals surface area contributed by atoms with Crippen molar-refractivity contribution in [1.29, 1.82) is 0 Å². The Bertz CT molecular complexity index is 1540. The molecular formula is C24H21BrClF2N5O4. The smallest absolute Gasteiger partial charge is 0.275 e. The number of carbonyl (C=O) groups excluding carboxylic acids is 1. The van der Waals surface area contributed by atoms with Gasteiger partial charge in [0, 0.05) is 29.0 Å². The van der Waals surface area contributed by atoms with Gasteiger partial charge in [0.05, 0.1) is 46.8 Å². The number of nitrogens with one attached hydrogen (secondary N) is 1. The first-order chi connectivity index (χ1) is 17.8. The van der Waals surface area contributed by atoms with Crippen molar-refractivity contribution in [3.8, 4) is 5.75 Å². The molecule has 3 heterocycles. The minimum atomic E-state index is -2.63. The Balaban J connectivity index is 1.50. The van der Waals surface area contributed by atoms with E-state index in [0.717, 1.165) is 4.47 Å². The molecule has 0 radical (unpaired) electrons. The molecular weight excluding hydrogens is 576 g/mol. The summed E-state index contributed by atoms with van der Waals surface area (Å²) >= 11 is 9.63. The van der Waals surface area contributed by atoms with Crippen molar-refractivity contribution < 1.29 is 23.0 Å². The van der Waals surface area contributed by atoms with Gasteiger partial charge in [-0.05, 0) is 24.3 Å². The van der Waals surface area contributed by atoms with Crippen LogP contribution in [0.15, 0.2) is 39.6 Å². The molecule has 13 heteroatoms. The van der Waals surface area contributed by atoms with E-state index in [4.69, 9.17) is 21.1 Å². The normalized spacial score (nSPS) is 14.1. The summed E-state index contributed by atoms with van der Waals surface area (Å²) in [5.41, 5.74) is 1.23. The van der Waals surface area contributed by atoms with Crippen molar-refractivity contribution in [2.24, 2.45) is 0 Å². The van der Waals surface area contributed by atoms with Crippen molar-refractivity contribution >= 4 is 55.2 Å². The summed E-state index contributed by atoms with van der Waals surface area (Å²) in [6.07, 6.45) is -2.43. The zero-order valence-electron chi connectivity index (χ0n) is 19.3. The molecule has 1 saturated heterocycles. The molecule has 0 saturated carbocycles. The maximum Gasteiger partial charge on any atom is 0.275 e. The molecule has 0 spiro atoms. The lowest BCUT2D eigenvalue weighted by atomic mass is 10.1. The molecule has 9 nitrogen and oxygen atoms in total. The number of amides is 1. The molecule has 0 bridgehead atoms. The van der Waals surface area contributed by atoms with E-state index in [1.54, 1.807) is 29.2 Å². The van der Waals surface area contributed by atoms with Crippen LogP contribution in [0.2, 0.25) is 5.02 Å². The quantitative estimate of drug-likeness (QED) is 0.349. The average molecular weight is 597 g/mol. The standard InChI is InChI=1S/C24H21BrClF2N5O4/c25-13-1-2-14-15(7-13)17(31-33(24(14)35)11-23(34)32-3-5-36-6-4-32)10-22-29-18-8-16(26)20(9-19(18)30-22)37-12-21(27)28/h1-2,7-9,21H,3-6,10-12H2,(H,29,30). The first-order valence-corrected chi connectivity index (χ1v) is 12.6. The molecule has 194 valence electrons. The molecule has 2 aromatic carbocycles. The van der Waals surface area contributed by atoms with E-state index in [1.807, 2.05) is 0 Å². The second-order valence-corrected chi connectivity index (χ2v) is 9.78. The van der Waals surface area contributed by atoms with Crippen LogP contribution in [0.25, 0.3) is 21.8 Å². The van der Waals surface area contributed by atoms with Crippen LogP contribution in [0.5, 0.6) is 5.75 Å². The first-order valence-electron chi connectivity index (χ1n) is 11.4. The van der Waals surface area contributed by atoms with E-state index in [1.165, 1.54) is 10.7 Å². The number of carbonyl (C=O) groups is 1.